The lowest BCUT2D eigenvalue weighted by Gasteiger charge is -2.26. The van der Waals surface area contributed by atoms with Crippen molar-refractivity contribution >= 4 is 23.5 Å². The summed E-state index contributed by atoms with van der Waals surface area (Å²) in [6.45, 7) is 2.89. The summed E-state index contributed by atoms with van der Waals surface area (Å²) in [4.78, 5) is 39.5. The van der Waals surface area contributed by atoms with E-state index in [2.05, 4.69) is 0 Å². The fourth-order valence-electron chi connectivity index (χ4n) is 2.86. The first-order valence-electron chi connectivity index (χ1n) is 8.27. The van der Waals surface area contributed by atoms with Crippen LogP contribution in [-0.4, -0.2) is 49.4 Å². The van der Waals surface area contributed by atoms with E-state index in [0.29, 0.717) is 11.3 Å². The van der Waals surface area contributed by atoms with Crippen molar-refractivity contribution in [3.8, 4) is 0 Å². The molecule has 1 fully saturated rings. The zero-order valence-electron chi connectivity index (χ0n) is 14.3. The van der Waals surface area contributed by atoms with Crippen molar-refractivity contribution < 1.29 is 19.1 Å². The summed E-state index contributed by atoms with van der Waals surface area (Å²) < 4.78 is 4.70. The number of benzene rings is 1. The Bertz CT molecular complexity index is 607. The van der Waals surface area contributed by atoms with E-state index >= 15 is 0 Å². The minimum absolute atomic E-state index is 0.0139. The van der Waals surface area contributed by atoms with Gasteiger partial charge in [-0.05, 0) is 31.0 Å². The van der Waals surface area contributed by atoms with Crippen LogP contribution in [0.4, 0.5) is 5.69 Å². The minimum atomic E-state index is -0.473. The van der Waals surface area contributed by atoms with E-state index in [1.807, 2.05) is 4.90 Å². The van der Waals surface area contributed by atoms with Crippen LogP contribution in [0.15, 0.2) is 24.3 Å². The number of rotatable bonds is 4. The third-order valence-electron chi connectivity index (χ3n) is 4.21. The van der Waals surface area contributed by atoms with Gasteiger partial charge < -0.3 is 14.5 Å². The summed E-state index contributed by atoms with van der Waals surface area (Å²) in [7, 11) is 1.31. The van der Waals surface area contributed by atoms with Crippen LogP contribution < -0.4 is 4.90 Å². The lowest BCUT2D eigenvalue weighted by molar-refractivity contribution is -0.131. The molecule has 1 aromatic carbocycles. The normalized spacial score (nSPS) is 14.7. The van der Waals surface area contributed by atoms with E-state index in [4.69, 9.17) is 4.74 Å². The highest BCUT2D eigenvalue weighted by atomic mass is 16.5. The Hall–Kier alpha value is -2.37. The number of anilines is 1. The zero-order valence-corrected chi connectivity index (χ0v) is 14.3. The third kappa shape index (κ3) is 4.57. The topological polar surface area (TPSA) is 66.9 Å². The molecule has 1 saturated heterocycles. The first-order chi connectivity index (χ1) is 11.5. The molecule has 2 rings (SSSR count). The maximum atomic E-state index is 12.6. The molecule has 2 amide bonds. The van der Waals surface area contributed by atoms with Crippen molar-refractivity contribution in [3.05, 3.63) is 29.8 Å². The highest BCUT2D eigenvalue weighted by molar-refractivity contribution is 5.99. The molecule has 0 unspecified atom stereocenters. The Morgan fingerprint density at radius 1 is 1.12 bits per heavy atom. The van der Waals surface area contributed by atoms with Gasteiger partial charge in [-0.2, -0.15) is 0 Å². The molecule has 130 valence electrons. The van der Waals surface area contributed by atoms with Gasteiger partial charge in [-0.15, -0.1) is 0 Å². The molecular weight excluding hydrogens is 308 g/mol. The van der Waals surface area contributed by atoms with E-state index in [1.165, 1.54) is 18.9 Å². The maximum Gasteiger partial charge on any atom is 0.337 e. The van der Waals surface area contributed by atoms with E-state index in [1.54, 1.807) is 24.3 Å². The van der Waals surface area contributed by atoms with E-state index < -0.39 is 5.97 Å². The molecule has 0 bridgehead atoms. The average Bonchev–Trinajstić information content (AvgIpc) is 2.88. The van der Waals surface area contributed by atoms with Gasteiger partial charge in [0.2, 0.25) is 11.8 Å². The van der Waals surface area contributed by atoms with Crippen LogP contribution in [0, 0.1) is 0 Å². The van der Waals surface area contributed by atoms with Crippen LogP contribution in [0.25, 0.3) is 0 Å². The van der Waals surface area contributed by atoms with Gasteiger partial charge in [0.1, 0.15) is 6.54 Å². The van der Waals surface area contributed by atoms with Crippen molar-refractivity contribution in [3.63, 3.8) is 0 Å². The van der Waals surface area contributed by atoms with Gasteiger partial charge in [0.25, 0.3) is 0 Å². The molecule has 1 aliphatic rings. The van der Waals surface area contributed by atoms with Crippen molar-refractivity contribution in [1.82, 2.24) is 4.90 Å². The highest BCUT2D eigenvalue weighted by Crippen LogP contribution is 2.18. The fraction of sp³-hybridized carbons (Fsp3) is 0.500. The second-order valence-electron chi connectivity index (χ2n) is 5.94. The lowest BCUT2D eigenvalue weighted by atomic mass is 10.2. The standard InChI is InChI=1S/C18H24N2O4/c1-14(21)20(13-17(22)19-10-5-3-4-6-11-19)16-9-7-8-15(12-16)18(23)24-2/h7-9,12H,3-6,10-11,13H2,1-2H3. The van der Waals surface area contributed by atoms with Gasteiger partial charge in [-0.25, -0.2) is 4.79 Å². The quantitative estimate of drug-likeness (QED) is 0.793. The first-order valence-corrected chi connectivity index (χ1v) is 8.27. The van der Waals surface area contributed by atoms with Gasteiger partial charge in [-0.3, -0.25) is 9.59 Å². The zero-order chi connectivity index (χ0) is 17.5. The van der Waals surface area contributed by atoms with Crippen molar-refractivity contribution in [1.29, 1.82) is 0 Å². The molecular formula is C18H24N2O4. The smallest absolute Gasteiger partial charge is 0.337 e. The molecule has 0 atom stereocenters. The van der Waals surface area contributed by atoms with Gasteiger partial charge >= 0.3 is 5.97 Å². The van der Waals surface area contributed by atoms with Gasteiger partial charge in [0.05, 0.1) is 12.7 Å². The third-order valence-corrected chi connectivity index (χ3v) is 4.21. The van der Waals surface area contributed by atoms with Crippen molar-refractivity contribution in [2.45, 2.75) is 32.6 Å². The monoisotopic (exact) mass is 332 g/mol. The van der Waals surface area contributed by atoms with Gasteiger partial charge in [0, 0.05) is 25.7 Å². The highest BCUT2D eigenvalue weighted by Gasteiger charge is 2.22. The Kier molecular flexibility index (Phi) is 6.35. The molecule has 0 aromatic heterocycles. The number of methoxy groups -OCH3 is 1. The number of likely N-dealkylation sites (tertiary alicyclic amines) is 1. The number of carbonyl (C=O) groups is 3. The maximum absolute atomic E-state index is 12.6. The predicted octanol–water partition coefficient (Wildman–Crippen LogP) is 2.23. The summed E-state index contributed by atoms with van der Waals surface area (Å²) >= 11 is 0. The first kappa shape index (κ1) is 18.0. The van der Waals surface area contributed by atoms with Gasteiger partial charge in [-0.1, -0.05) is 18.9 Å². The molecule has 1 aliphatic heterocycles. The molecule has 1 heterocycles. The Balaban J connectivity index is 2.15. The average molecular weight is 332 g/mol. The number of ether oxygens (including phenoxy) is 1. The van der Waals surface area contributed by atoms with Gasteiger partial charge in [0.15, 0.2) is 0 Å². The molecule has 0 aliphatic carbocycles. The van der Waals surface area contributed by atoms with E-state index in [9.17, 15) is 14.4 Å². The SMILES string of the molecule is COC(=O)c1cccc(N(CC(=O)N2CCCCCC2)C(C)=O)c1. The minimum Gasteiger partial charge on any atom is -0.465 e. The van der Waals surface area contributed by atoms with Crippen molar-refractivity contribution in [2.75, 3.05) is 31.6 Å². The van der Waals surface area contributed by atoms with Crippen LogP contribution in [0.5, 0.6) is 0 Å². The lowest BCUT2D eigenvalue weighted by Crippen LogP contribution is -2.42. The molecule has 24 heavy (non-hydrogen) atoms. The molecule has 0 radical (unpaired) electrons. The van der Waals surface area contributed by atoms with E-state index in [0.717, 1.165) is 38.8 Å². The number of hydrogen-bond acceptors (Lipinski definition) is 4. The summed E-state index contributed by atoms with van der Waals surface area (Å²) in [5, 5.41) is 0. The summed E-state index contributed by atoms with van der Waals surface area (Å²) in [6, 6.07) is 6.57. The molecule has 6 heteroatoms. The summed E-state index contributed by atoms with van der Waals surface area (Å²) in [6.07, 6.45) is 4.29. The summed E-state index contributed by atoms with van der Waals surface area (Å²) in [5.74, 6) is -0.769. The fourth-order valence-corrected chi connectivity index (χ4v) is 2.86. The molecule has 1 aromatic rings. The Morgan fingerprint density at radius 2 is 1.79 bits per heavy atom. The Labute approximate surface area is 142 Å². The largest absolute Gasteiger partial charge is 0.465 e. The number of nitrogens with zero attached hydrogens (tertiary/aromatic N) is 2. The molecule has 6 nitrogen and oxygen atoms in total. The van der Waals surface area contributed by atoms with Crippen LogP contribution in [0.3, 0.4) is 0 Å². The number of esters is 1. The van der Waals surface area contributed by atoms with Crippen LogP contribution >= 0.6 is 0 Å². The molecule has 0 saturated carbocycles. The number of carbonyl (C=O) groups excluding carboxylic acids is 3. The predicted molar refractivity (Wildman–Crippen MR) is 90.9 cm³/mol. The molecule has 0 N–H and O–H groups in total. The second kappa shape index (κ2) is 8.47. The van der Waals surface area contributed by atoms with Crippen LogP contribution in [0.2, 0.25) is 0 Å². The van der Waals surface area contributed by atoms with E-state index in [-0.39, 0.29) is 18.4 Å². The summed E-state index contributed by atoms with van der Waals surface area (Å²) in [5.41, 5.74) is 0.872. The molecule has 0 spiro atoms. The Morgan fingerprint density at radius 3 is 2.38 bits per heavy atom. The van der Waals surface area contributed by atoms with Crippen molar-refractivity contribution in [2.24, 2.45) is 0 Å². The number of amides is 2. The van der Waals surface area contributed by atoms with Crippen LogP contribution in [-0.2, 0) is 14.3 Å². The second-order valence-corrected chi connectivity index (χ2v) is 5.94. The number of hydrogen-bond donors (Lipinski definition) is 0. The van der Waals surface area contributed by atoms with Crippen LogP contribution in [0.1, 0.15) is 43.0 Å².